The molecule has 0 radical (unpaired) electrons. The van der Waals surface area contributed by atoms with E-state index in [9.17, 15) is 9.59 Å². The number of halogens is 1. The molecular formula is C12H14BrN3O2. The van der Waals surface area contributed by atoms with Crippen molar-refractivity contribution in [3.63, 3.8) is 0 Å². The maximum atomic E-state index is 11.8. The van der Waals surface area contributed by atoms with Gasteiger partial charge >= 0.3 is 6.03 Å². The molecule has 3 amide bonds. The van der Waals surface area contributed by atoms with Gasteiger partial charge in [0, 0.05) is 36.2 Å². The van der Waals surface area contributed by atoms with E-state index in [1.807, 2.05) is 0 Å². The molecule has 1 saturated heterocycles. The van der Waals surface area contributed by atoms with Crippen LogP contribution in [0.3, 0.4) is 0 Å². The Morgan fingerprint density at radius 1 is 1.17 bits per heavy atom. The first-order valence-corrected chi connectivity index (χ1v) is 6.52. The molecular weight excluding hydrogens is 298 g/mol. The summed E-state index contributed by atoms with van der Waals surface area (Å²) >= 11 is 3.29. The second-order valence-electron chi connectivity index (χ2n) is 4.00. The van der Waals surface area contributed by atoms with E-state index in [4.69, 9.17) is 0 Å². The minimum atomic E-state index is -0.369. The third-order valence-corrected chi connectivity index (χ3v) is 3.26. The molecule has 0 bridgehead atoms. The monoisotopic (exact) mass is 311 g/mol. The highest BCUT2D eigenvalue weighted by Gasteiger charge is 2.18. The van der Waals surface area contributed by atoms with Crippen LogP contribution in [0, 0.1) is 0 Å². The number of hydrogen-bond acceptors (Lipinski definition) is 3. The van der Waals surface area contributed by atoms with Crippen molar-refractivity contribution in [3.05, 3.63) is 34.3 Å². The van der Waals surface area contributed by atoms with Crippen molar-refractivity contribution in [2.45, 2.75) is 0 Å². The highest BCUT2D eigenvalue weighted by Crippen LogP contribution is 2.10. The van der Waals surface area contributed by atoms with Crippen molar-refractivity contribution >= 4 is 27.9 Å². The first-order valence-electron chi connectivity index (χ1n) is 5.73. The molecule has 2 N–H and O–H groups in total. The van der Waals surface area contributed by atoms with Crippen LogP contribution in [0.25, 0.3) is 0 Å². The van der Waals surface area contributed by atoms with E-state index >= 15 is 0 Å². The average molecular weight is 312 g/mol. The van der Waals surface area contributed by atoms with Crippen LogP contribution in [0.4, 0.5) is 4.79 Å². The van der Waals surface area contributed by atoms with Gasteiger partial charge in [-0.25, -0.2) is 4.79 Å². The normalized spacial score (nSPS) is 15.3. The van der Waals surface area contributed by atoms with Crippen molar-refractivity contribution in [1.82, 2.24) is 15.5 Å². The predicted octanol–water partition coefficient (Wildman–Crippen LogP) is 1.20. The van der Waals surface area contributed by atoms with Gasteiger partial charge in [-0.05, 0) is 24.3 Å². The van der Waals surface area contributed by atoms with Crippen LogP contribution in [0.2, 0.25) is 0 Å². The van der Waals surface area contributed by atoms with E-state index in [1.165, 1.54) is 0 Å². The Labute approximate surface area is 114 Å². The van der Waals surface area contributed by atoms with Gasteiger partial charge < -0.3 is 10.2 Å². The lowest BCUT2D eigenvalue weighted by atomic mass is 10.2. The molecule has 0 spiro atoms. The fraction of sp³-hybridized carbons (Fsp3) is 0.333. The summed E-state index contributed by atoms with van der Waals surface area (Å²) in [6.45, 7) is 2.78. The molecule has 1 heterocycles. The van der Waals surface area contributed by atoms with Gasteiger partial charge in [0.05, 0.1) is 0 Å². The van der Waals surface area contributed by atoms with Gasteiger partial charge in [0.15, 0.2) is 0 Å². The minimum absolute atomic E-state index is 0.329. The van der Waals surface area contributed by atoms with Gasteiger partial charge in [0.25, 0.3) is 5.91 Å². The Hall–Kier alpha value is -1.40. The second kappa shape index (κ2) is 5.97. The largest absolute Gasteiger partial charge is 0.324 e. The van der Waals surface area contributed by atoms with Gasteiger partial charge in [-0.2, -0.15) is 0 Å². The van der Waals surface area contributed by atoms with Crippen LogP contribution in [-0.2, 0) is 0 Å². The quantitative estimate of drug-likeness (QED) is 0.819. The number of imide groups is 1. The summed E-state index contributed by atoms with van der Waals surface area (Å²) < 4.78 is 0.896. The Bertz CT molecular complexity index is 441. The Balaban J connectivity index is 1.94. The number of carbonyl (C=O) groups excluding carboxylic acids is 2. The number of benzene rings is 1. The van der Waals surface area contributed by atoms with Crippen LogP contribution in [0.15, 0.2) is 28.7 Å². The first-order chi connectivity index (χ1) is 8.66. The summed E-state index contributed by atoms with van der Waals surface area (Å²) in [5.41, 5.74) is 0.474. The number of nitrogens with one attached hydrogen (secondary N) is 2. The number of carbonyl (C=O) groups is 2. The van der Waals surface area contributed by atoms with E-state index in [2.05, 4.69) is 26.6 Å². The lowest BCUT2D eigenvalue weighted by Crippen LogP contribution is -2.51. The second-order valence-corrected chi connectivity index (χ2v) is 4.92. The van der Waals surface area contributed by atoms with Crippen LogP contribution in [0.5, 0.6) is 0 Å². The highest BCUT2D eigenvalue weighted by atomic mass is 79.9. The van der Waals surface area contributed by atoms with Crippen LogP contribution < -0.4 is 10.6 Å². The summed E-state index contributed by atoms with van der Waals surface area (Å²) in [6.07, 6.45) is 0. The van der Waals surface area contributed by atoms with Gasteiger partial charge in [-0.1, -0.05) is 15.9 Å². The zero-order chi connectivity index (χ0) is 13.0. The number of amides is 3. The average Bonchev–Trinajstić information content (AvgIpc) is 2.40. The van der Waals surface area contributed by atoms with Crippen molar-refractivity contribution < 1.29 is 9.59 Å². The molecule has 96 valence electrons. The zero-order valence-electron chi connectivity index (χ0n) is 9.78. The molecule has 0 saturated carbocycles. The third kappa shape index (κ3) is 3.30. The lowest BCUT2D eigenvalue weighted by molar-refractivity contribution is 0.0950. The number of hydrogen-bond donors (Lipinski definition) is 2. The molecule has 18 heavy (non-hydrogen) atoms. The smallest absolute Gasteiger partial charge is 0.322 e. The number of nitrogens with zero attached hydrogens (tertiary/aromatic N) is 1. The molecule has 6 heteroatoms. The minimum Gasteiger partial charge on any atom is -0.322 e. The topological polar surface area (TPSA) is 61.4 Å². The van der Waals surface area contributed by atoms with Gasteiger partial charge in [0.1, 0.15) is 0 Å². The maximum absolute atomic E-state index is 11.8. The third-order valence-electron chi connectivity index (χ3n) is 2.73. The van der Waals surface area contributed by atoms with Crippen molar-refractivity contribution in [1.29, 1.82) is 0 Å². The highest BCUT2D eigenvalue weighted by molar-refractivity contribution is 9.10. The zero-order valence-corrected chi connectivity index (χ0v) is 11.4. The maximum Gasteiger partial charge on any atom is 0.324 e. The molecule has 1 aromatic carbocycles. The fourth-order valence-electron chi connectivity index (χ4n) is 1.72. The van der Waals surface area contributed by atoms with E-state index in [1.54, 1.807) is 29.2 Å². The summed E-state index contributed by atoms with van der Waals surface area (Å²) in [5.74, 6) is -0.369. The summed E-state index contributed by atoms with van der Waals surface area (Å²) in [4.78, 5) is 25.3. The molecule has 0 aromatic heterocycles. The van der Waals surface area contributed by atoms with Crippen molar-refractivity contribution in [3.8, 4) is 0 Å². The SMILES string of the molecule is O=C(NC(=O)N1CCNCC1)c1ccc(Br)cc1. The Morgan fingerprint density at radius 3 is 2.39 bits per heavy atom. The summed E-state index contributed by atoms with van der Waals surface area (Å²) in [5, 5.41) is 5.54. The molecule has 1 aliphatic rings. The molecule has 1 fully saturated rings. The molecule has 0 atom stereocenters. The summed E-state index contributed by atoms with van der Waals surface area (Å²) in [6, 6.07) is 6.55. The molecule has 1 aromatic rings. The van der Waals surface area contributed by atoms with E-state index in [0.717, 1.165) is 17.6 Å². The van der Waals surface area contributed by atoms with Crippen molar-refractivity contribution in [2.24, 2.45) is 0 Å². The van der Waals surface area contributed by atoms with Crippen molar-refractivity contribution in [2.75, 3.05) is 26.2 Å². The molecule has 0 aliphatic carbocycles. The van der Waals surface area contributed by atoms with E-state index in [0.29, 0.717) is 18.7 Å². The van der Waals surface area contributed by atoms with E-state index in [-0.39, 0.29) is 11.9 Å². The Morgan fingerprint density at radius 2 is 1.78 bits per heavy atom. The van der Waals surface area contributed by atoms with Crippen LogP contribution in [0.1, 0.15) is 10.4 Å². The van der Waals surface area contributed by atoms with Gasteiger partial charge in [0.2, 0.25) is 0 Å². The molecule has 2 rings (SSSR count). The predicted molar refractivity (Wildman–Crippen MR) is 71.4 cm³/mol. The standard InChI is InChI=1S/C12H14BrN3O2/c13-10-3-1-9(2-4-10)11(17)15-12(18)16-7-5-14-6-8-16/h1-4,14H,5-8H2,(H,15,17,18). The first kappa shape index (κ1) is 13.0. The number of rotatable bonds is 1. The van der Waals surface area contributed by atoms with Gasteiger partial charge in [-0.3, -0.25) is 10.1 Å². The Kier molecular flexibility index (Phi) is 4.33. The number of urea groups is 1. The molecule has 1 aliphatic heterocycles. The summed E-state index contributed by atoms with van der Waals surface area (Å²) in [7, 11) is 0. The van der Waals surface area contributed by atoms with Gasteiger partial charge in [-0.15, -0.1) is 0 Å². The van der Waals surface area contributed by atoms with Crippen LogP contribution in [-0.4, -0.2) is 43.0 Å². The number of piperazine rings is 1. The molecule has 5 nitrogen and oxygen atoms in total. The lowest BCUT2D eigenvalue weighted by Gasteiger charge is -2.27. The van der Waals surface area contributed by atoms with E-state index < -0.39 is 0 Å². The molecule has 0 unspecified atom stereocenters. The fourth-order valence-corrected chi connectivity index (χ4v) is 1.98. The van der Waals surface area contributed by atoms with Crippen LogP contribution >= 0.6 is 15.9 Å².